The van der Waals surface area contributed by atoms with Gasteiger partial charge >= 0.3 is 0 Å². The van der Waals surface area contributed by atoms with Crippen molar-refractivity contribution in [1.82, 2.24) is 0 Å². The van der Waals surface area contributed by atoms with E-state index in [0.717, 1.165) is 21.7 Å². The van der Waals surface area contributed by atoms with Gasteiger partial charge in [-0.3, -0.25) is 4.18 Å². The third-order valence-electron chi connectivity index (χ3n) is 3.45. The molecule has 1 fully saturated rings. The summed E-state index contributed by atoms with van der Waals surface area (Å²) in [4.78, 5) is 0.231. The van der Waals surface area contributed by atoms with Gasteiger partial charge in [0.25, 0.3) is 10.1 Å². The van der Waals surface area contributed by atoms with Crippen LogP contribution in [-0.4, -0.2) is 51.3 Å². The van der Waals surface area contributed by atoms with Gasteiger partial charge in [-0.2, -0.15) is 8.42 Å². The van der Waals surface area contributed by atoms with Gasteiger partial charge in [-0.05, 0) is 19.1 Å². The molecule has 1 aliphatic heterocycles. The summed E-state index contributed by atoms with van der Waals surface area (Å²) in [6.45, 7) is 2.17. The van der Waals surface area contributed by atoms with Gasteiger partial charge in [-0.15, -0.1) is 0 Å². The molecule has 1 aromatic rings. The molecule has 106 valence electrons. The van der Waals surface area contributed by atoms with E-state index in [1.807, 2.05) is 18.7 Å². The largest absolute Gasteiger partial charge is 0.315 e. The predicted molar refractivity (Wildman–Crippen MR) is 77.5 cm³/mol. The number of hydrogen-bond donors (Lipinski definition) is 0. The lowest BCUT2D eigenvalue weighted by Crippen LogP contribution is -2.47. The van der Waals surface area contributed by atoms with Crippen molar-refractivity contribution in [2.45, 2.75) is 17.9 Å². The average molecular weight is 302 g/mol. The second kappa shape index (κ2) is 5.44. The molecule has 0 aromatic heterocycles. The molecule has 2 rings (SSSR count). The maximum atomic E-state index is 12.1. The molecule has 4 nitrogen and oxygen atoms in total. The summed E-state index contributed by atoms with van der Waals surface area (Å²) in [6.07, 6.45) is 0. The van der Waals surface area contributed by atoms with Crippen LogP contribution in [0.25, 0.3) is 0 Å². The van der Waals surface area contributed by atoms with Crippen molar-refractivity contribution in [3.05, 3.63) is 29.8 Å². The summed E-state index contributed by atoms with van der Waals surface area (Å²) in [5, 5.41) is 0. The highest BCUT2D eigenvalue weighted by molar-refractivity contribution is 7.99. The van der Waals surface area contributed by atoms with Crippen LogP contribution in [0.3, 0.4) is 0 Å². The summed E-state index contributed by atoms with van der Waals surface area (Å²) < 4.78 is 30.2. The van der Waals surface area contributed by atoms with Gasteiger partial charge in [0.2, 0.25) is 0 Å². The van der Waals surface area contributed by atoms with E-state index in [2.05, 4.69) is 14.1 Å². The predicted octanol–water partition coefficient (Wildman–Crippen LogP) is 1.85. The van der Waals surface area contributed by atoms with Crippen LogP contribution in [0.5, 0.6) is 0 Å². The van der Waals surface area contributed by atoms with Crippen molar-refractivity contribution in [3.63, 3.8) is 0 Å². The first-order valence-corrected chi connectivity index (χ1v) is 8.74. The van der Waals surface area contributed by atoms with Crippen molar-refractivity contribution >= 4 is 21.9 Å². The molecule has 0 N–H and O–H groups in total. The molecule has 0 spiro atoms. The minimum absolute atomic E-state index is 0.227. The number of quaternary nitrogens is 1. The van der Waals surface area contributed by atoms with Gasteiger partial charge in [-0.1, -0.05) is 29.5 Å². The number of nitrogens with zero attached hydrogens (tertiary/aromatic N) is 1. The van der Waals surface area contributed by atoms with Crippen LogP contribution >= 0.6 is 11.8 Å². The summed E-state index contributed by atoms with van der Waals surface area (Å²) in [7, 11) is 0.573. The first kappa shape index (κ1) is 14.8. The zero-order valence-corrected chi connectivity index (χ0v) is 13.1. The van der Waals surface area contributed by atoms with E-state index in [1.54, 1.807) is 24.3 Å². The second-order valence-corrected chi connectivity index (χ2v) is 8.10. The van der Waals surface area contributed by atoms with Crippen LogP contribution in [-0.2, 0) is 14.3 Å². The fourth-order valence-electron chi connectivity index (χ4n) is 1.92. The Bertz CT molecular complexity index is 538. The van der Waals surface area contributed by atoms with E-state index in [0.29, 0.717) is 0 Å². The lowest BCUT2D eigenvalue weighted by molar-refractivity contribution is -0.895. The van der Waals surface area contributed by atoms with Gasteiger partial charge in [0, 0.05) is 0 Å². The molecule has 0 aliphatic carbocycles. The monoisotopic (exact) mass is 302 g/mol. The van der Waals surface area contributed by atoms with Crippen molar-refractivity contribution in [2.24, 2.45) is 0 Å². The lowest BCUT2D eigenvalue weighted by atomic mass is 10.2. The maximum absolute atomic E-state index is 12.1. The highest BCUT2D eigenvalue weighted by Crippen LogP contribution is 2.26. The topological polar surface area (TPSA) is 43.4 Å². The average Bonchev–Trinajstić information content (AvgIpc) is 2.66. The van der Waals surface area contributed by atoms with E-state index in [4.69, 9.17) is 4.18 Å². The van der Waals surface area contributed by atoms with Gasteiger partial charge < -0.3 is 4.48 Å². The Morgan fingerprint density at radius 3 is 2.47 bits per heavy atom. The standard InChI is InChI=1S/C13H20NO3S2/c1-11-4-6-13(7-5-11)19(15,16)17-8-12-9-18-10-14(12,2)3/h4-7,12H,8-10H2,1-3H3/q+1. The van der Waals surface area contributed by atoms with Gasteiger partial charge in [-0.25, -0.2) is 0 Å². The Kier molecular flexibility index (Phi) is 4.25. The van der Waals surface area contributed by atoms with E-state index in [-0.39, 0.29) is 17.5 Å². The summed E-state index contributed by atoms with van der Waals surface area (Å²) in [5.41, 5.74) is 1.03. The molecule has 0 saturated carbocycles. The Morgan fingerprint density at radius 1 is 1.32 bits per heavy atom. The number of rotatable bonds is 4. The van der Waals surface area contributed by atoms with Crippen molar-refractivity contribution in [1.29, 1.82) is 0 Å². The number of aryl methyl sites for hydroxylation is 1. The Morgan fingerprint density at radius 2 is 1.95 bits per heavy atom. The molecule has 1 aliphatic rings. The molecule has 0 radical (unpaired) electrons. The van der Waals surface area contributed by atoms with Crippen LogP contribution in [0, 0.1) is 6.92 Å². The molecule has 1 saturated heterocycles. The fraction of sp³-hybridized carbons (Fsp3) is 0.538. The molecular formula is C13H20NO3S2+. The first-order chi connectivity index (χ1) is 8.81. The minimum atomic E-state index is -3.63. The van der Waals surface area contributed by atoms with Gasteiger partial charge in [0.1, 0.15) is 18.5 Å². The lowest BCUT2D eigenvalue weighted by Gasteiger charge is -2.29. The fourth-order valence-corrected chi connectivity index (χ4v) is 4.42. The molecule has 1 unspecified atom stereocenters. The molecule has 1 heterocycles. The molecule has 1 atom stereocenters. The Labute approximate surface area is 119 Å². The Hall–Kier alpha value is -0.560. The maximum Gasteiger partial charge on any atom is 0.297 e. The zero-order valence-electron chi connectivity index (χ0n) is 11.5. The van der Waals surface area contributed by atoms with Crippen molar-refractivity contribution < 1.29 is 17.1 Å². The van der Waals surface area contributed by atoms with Crippen LogP contribution < -0.4 is 0 Å². The third kappa shape index (κ3) is 3.51. The number of benzene rings is 1. The number of hydrogen-bond acceptors (Lipinski definition) is 4. The van der Waals surface area contributed by atoms with E-state index in [9.17, 15) is 8.42 Å². The summed E-state index contributed by atoms with van der Waals surface area (Å²) in [6, 6.07) is 6.97. The molecule has 19 heavy (non-hydrogen) atoms. The zero-order chi connectivity index (χ0) is 14.1. The number of likely N-dealkylation sites (N-methyl/N-ethyl adjacent to an activating group) is 1. The van der Waals surface area contributed by atoms with Crippen LogP contribution in [0.2, 0.25) is 0 Å². The molecular weight excluding hydrogens is 282 g/mol. The SMILES string of the molecule is Cc1ccc(S(=O)(=O)OCC2CSC[N+]2(C)C)cc1. The smallest absolute Gasteiger partial charge is 0.297 e. The normalized spacial score (nSPS) is 22.6. The molecule has 0 bridgehead atoms. The van der Waals surface area contributed by atoms with Crippen molar-refractivity contribution in [3.8, 4) is 0 Å². The van der Waals surface area contributed by atoms with Crippen molar-refractivity contribution in [2.75, 3.05) is 32.3 Å². The highest BCUT2D eigenvalue weighted by atomic mass is 32.2. The molecule has 6 heteroatoms. The number of thioether (sulfide) groups is 1. The molecule has 1 aromatic carbocycles. The van der Waals surface area contributed by atoms with Crippen LogP contribution in [0.4, 0.5) is 0 Å². The summed E-state index contributed by atoms with van der Waals surface area (Å²) >= 11 is 1.83. The van der Waals surface area contributed by atoms with E-state index < -0.39 is 10.1 Å². The highest BCUT2D eigenvalue weighted by Gasteiger charge is 2.36. The summed E-state index contributed by atoms with van der Waals surface area (Å²) in [5.74, 6) is 1.94. The van der Waals surface area contributed by atoms with Gasteiger partial charge in [0.05, 0.1) is 24.7 Å². The minimum Gasteiger partial charge on any atom is -0.315 e. The van der Waals surface area contributed by atoms with E-state index in [1.165, 1.54) is 0 Å². The van der Waals surface area contributed by atoms with E-state index >= 15 is 0 Å². The molecule has 0 amide bonds. The quantitative estimate of drug-likeness (QED) is 0.629. The Balaban J connectivity index is 2.04. The van der Waals surface area contributed by atoms with Crippen LogP contribution in [0.15, 0.2) is 29.2 Å². The van der Waals surface area contributed by atoms with Gasteiger partial charge in [0.15, 0.2) is 0 Å². The second-order valence-electron chi connectivity index (χ2n) is 5.48. The third-order valence-corrected chi connectivity index (χ3v) is 6.21. The van der Waals surface area contributed by atoms with Crippen LogP contribution in [0.1, 0.15) is 5.56 Å². The first-order valence-electron chi connectivity index (χ1n) is 6.18.